The molecule has 1 spiro atoms. The van der Waals surface area contributed by atoms with Crippen LogP contribution in [-0.4, -0.2) is 10.2 Å². The Morgan fingerprint density at radius 1 is 0.500 bits per heavy atom. The lowest BCUT2D eigenvalue weighted by atomic mass is 9.43. The molecule has 2 heterocycles. The van der Waals surface area contributed by atoms with Crippen LogP contribution in [0.15, 0.2) is 97.1 Å². The van der Waals surface area contributed by atoms with Gasteiger partial charge in [0.1, 0.15) is 0 Å². The number of rotatable bonds is 5. The largest absolute Gasteiger partial charge is 0.308 e. The molecule has 16 rings (SSSR count). The summed E-state index contributed by atoms with van der Waals surface area (Å²) in [6.07, 6.45) is 11.0. The SMILES string of the molecule is CC(C)c1cc(C(C)C)c(-c2cc3c4cc5c(cc4n4c6cc7c(cc6c(c2)c34)C2(c3ccc(-c4ccccc4)cc3-7)C3CC4CC(C3)CC2C4)C(=O)C2(C)CCC5(C)CC2)c(C(C)C)c1. The number of fused-ring (bicyclic) bond motifs is 11. The number of nitrogens with zero attached hydrogens (tertiary/aromatic N) is 1. The van der Waals surface area contributed by atoms with Crippen molar-refractivity contribution < 1.29 is 4.79 Å². The van der Waals surface area contributed by atoms with Crippen LogP contribution in [0.3, 0.4) is 0 Å². The maximum absolute atomic E-state index is 14.9. The number of ketones is 1. The molecule has 2 nitrogen and oxygen atoms in total. The van der Waals surface area contributed by atoms with E-state index in [1.165, 1.54) is 126 Å². The van der Waals surface area contributed by atoms with Gasteiger partial charge in [-0.25, -0.2) is 0 Å². The van der Waals surface area contributed by atoms with Crippen LogP contribution < -0.4 is 0 Å². The number of benzene rings is 6. The van der Waals surface area contributed by atoms with Crippen LogP contribution in [-0.2, 0) is 10.8 Å². The van der Waals surface area contributed by atoms with Crippen LogP contribution in [0, 0.1) is 29.1 Å². The molecule has 6 aromatic carbocycles. The highest BCUT2D eigenvalue weighted by Gasteiger charge is 2.62. The standard InChI is InChI=1S/C64H65NO/c1-34(2)41-26-45(35(3)4)59(46(27-41)36(5)6)42-28-51-49-30-55-53(61(66)63(8)18-16-62(55,7)17-19-63)33-58(49)65-57-32-48-47-25-40(39-12-10-9-11-13-39)14-15-54(47)64(56(48)31-50(57)52(29-42)60(51)65)43-21-37-20-38(23-43)24-44(64)22-37/h9-15,25-38,43-44H,16-24H2,1-8H3. The molecule has 5 fully saturated rings. The fraction of sp³-hybridized carbons (Fsp3) is 0.422. The Hall–Kier alpha value is -5.21. The molecule has 8 aromatic rings. The molecular weight excluding hydrogens is 799 g/mol. The normalized spacial score (nSPS) is 28.4. The van der Waals surface area contributed by atoms with Gasteiger partial charge in [-0.05, 0) is 214 Å². The van der Waals surface area contributed by atoms with Gasteiger partial charge < -0.3 is 4.40 Å². The van der Waals surface area contributed by atoms with Crippen molar-refractivity contribution in [2.24, 2.45) is 29.1 Å². The van der Waals surface area contributed by atoms with Gasteiger partial charge in [0.05, 0.1) is 16.6 Å². The number of carbonyl (C=O) groups excluding carboxylic acids is 1. The summed E-state index contributed by atoms with van der Waals surface area (Å²) in [6, 6.07) is 39.2. The molecular formula is C64H65NO. The Labute approximate surface area is 391 Å². The second-order valence-corrected chi connectivity index (χ2v) is 24.4. The average Bonchev–Trinajstić information content (AvgIpc) is 3.88. The first-order valence-electron chi connectivity index (χ1n) is 26.0. The zero-order chi connectivity index (χ0) is 44.9. The predicted octanol–water partition coefficient (Wildman–Crippen LogP) is 17.3. The van der Waals surface area contributed by atoms with E-state index in [9.17, 15) is 4.79 Å². The van der Waals surface area contributed by atoms with Crippen LogP contribution >= 0.6 is 0 Å². The summed E-state index contributed by atoms with van der Waals surface area (Å²) in [7, 11) is 0. The lowest BCUT2D eigenvalue weighted by Crippen LogP contribution is -2.55. The summed E-state index contributed by atoms with van der Waals surface area (Å²) in [4.78, 5) is 14.9. The first-order chi connectivity index (χ1) is 31.8. The summed E-state index contributed by atoms with van der Waals surface area (Å²) in [5.41, 5.74) is 21.7. The number of carbonyl (C=O) groups is 1. The molecule has 8 aliphatic carbocycles. The maximum atomic E-state index is 14.9. The second-order valence-electron chi connectivity index (χ2n) is 24.4. The van der Waals surface area contributed by atoms with Gasteiger partial charge in [-0.2, -0.15) is 0 Å². The van der Waals surface area contributed by atoms with Gasteiger partial charge in [-0.15, -0.1) is 0 Å². The van der Waals surface area contributed by atoms with Crippen molar-refractivity contribution in [2.45, 2.75) is 142 Å². The van der Waals surface area contributed by atoms with Crippen LogP contribution in [0.5, 0.6) is 0 Å². The fourth-order valence-electron chi connectivity index (χ4n) is 16.4. The third-order valence-electron chi connectivity index (χ3n) is 19.7. The van der Waals surface area contributed by atoms with Crippen molar-refractivity contribution in [2.75, 3.05) is 0 Å². The average molecular weight is 864 g/mol. The lowest BCUT2D eigenvalue weighted by Gasteiger charge is -2.61. The van der Waals surface area contributed by atoms with E-state index in [0.717, 1.165) is 43.1 Å². The van der Waals surface area contributed by atoms with E-state index < -0.39 is 0 Å². The van der Waals surface area contributed by atoms with Crippen LogP contribution in [0.2, 0.25) is 0 Å². The van der Waals surface area contributed by atoms with Gasteiger partial charge >= 0.3 is 0 Å². The number of Topliss-reactive ketones (excluding diaryl/α,β-unsaturated/α-hetero) is 1. The molecule has 0 amide bonds. The molecule has 2 aromatic heterocycles. The first-order valence-corrected chi connectivity index (χ1v) is 26.0. The molecule has 0 saturated heterocycles. The van der Waals surface area contributed by atoms with Gasteiger partial charge in [0, 0.05) is 37.9 Å². The highest BCUT2D eigenvalue weighted by molar-refractivity contribution is 6.26. The molecule has 0 radical (unpaired) electrons. The first kappa shape index (κ1) is 39.9. The Kier molecular flexibility index (Phi) is 8.02. The minimum Gasteiger partial charge on any atom is -0.308 e. The summed E-state index contributed by atoms with van der Waals surface area (Å²) < 4.78 is 2.63. The quantitative estimate of drug-likeness (QED) is 0.169. The predicted molar refractivity (Wildman–Crippen MR) is 276 cm³/mol. The summed E-state index contributed by atoms with van der Waals surface area (Å²) in [6.45, 7) is 19.0. The highest BCUT2D eigenvalue weighted by atomic mass is 16.1. The molecule has 5 saturated carbocycles. The smallest absolute Gasteiger partial charge is 0.169 e. The van der Waals surface area contributed by atoms with Crippen molar-refractivity contribution >= 4 is 43.9 Å². The van der Waals surface area contributed by atoms with Crippen molar-refractivity contribution in [1.29, 1.82) is 0 Å². The molecule has 332 valence electrons. The minimum atomic E-state index is -0.289. The Morgan fingerprint density at radius 2 is 1.06 bits per heavy atom. The van der Waals surface area contributed by atoms with Crippen molar-refractivity contribution in [3.8, 4) is 33.4 Å². The van der Waals surface area contributed by atoms with Crippen molar-refractivity contribution in [1.82, 2.24) is 4.40 Å². The van der Waals surface area contributed by atoms with Crippen LogP contribution in [0.1, 0.15) is 175 Å². The molecule has 8 aliphatic rings. The van der Waals surface area contributed by atoms with Gasteiger partial charge in [0.25, 0.3) is 0 Å². The Balaban J connectivity index is 1.13. The van der Waals surface area contributed by atoms with E-state index in [0.29, 0.717) is 35.4 Å². The molecule has 66 heavy (non-hydrogen) atoms. The molecule has 0 N–H and O–H groups in total. The zero-order valence-electron chi connectivity index (χ0n) is 40.5. The highest BCUT2D eigenvalue weighted by Crippen LogP contribution is 2.70. The minimum absolute atomic E-state index is 0.00233. The van der Waals surface area contributed by atoms with E-state index in [4.69, 9.17) is 0 Å². The number of hydrogen-bond donors (Lipinski definition) is 0. The van der Waals surface area contributed by atoms with Crippen LogP contribution in [0.4, 0.5) is 0 Å². The van der Waals surface area contributed by atoms with Crippen LogP contribution in [0.25, 0.3) is 71.5 Å². The topological polar surface area (TPSA) is 21.5 Å². The second kappa shape index (κ2) is 13.3. The van der Waals surface area contributed by atoms with E-state index in [-0.39, 0.29) is 16.2 Å². The van der Waals surface area contributed by atoms with Gasteiger partial charge in [-0.1, -0.05) is 110 Å². The van der Waals surface area contributed by atoms with E-state index in [1.54, 1.807) is 11.1 Å². The van der Waals surface area contributed by atoms with Gasteiger partial charge in [0.15, 0.2) is 5.78 Å². The molecule has 0 atom stereocenters. The fourth-order valence-corrected chi connectivity index (χ4v) is 16.4. The summed E-state index contributed by atoms with van der Waals surface area (Å²) >= 11 is 0. The summed E-state index contributed by atoms with van der Waals surface area (Å²) in [5.74, 6) is 4.73. The Bertz CT molecular complexity index is 3340. The van der Waals surface area contributed by atoms with E-state index in [1.807, 2.05) is 0 Å². The zero-order valence-corrected chi connectivity index (χ0v) is 40.5. The van der Waals surface area contributed by atoms with E-state index >= 15 is 0 Å². The Morgan fingerprint density at radius 3 is 1.65 bits per heavy atom. The lowest BCUT2D eigenvalue weighted by molar-refractivity contribution is -0.0398. The van der Waals surface area contributed by atoms with Crippen molar-refractivity contribution in [3.05, 3.63) is 136 Å². The molecule has 0 unspecified atom stereocenters. The van der Waals surface area contributed by atoms with Gasteiger partial charge in [0.2, 0.25) is 0 Å². The monoisotopic (exact) mass is 864 g/mol. The van der Waals surface area contributed by atoms with Gasteiger partial charge in [-0.3, -0.25) is 4.79 Å². The van der Waals surface area contributed by atoms with Crippen molar-refractivity contribution in [3.63, 3.8) is 0 Å². The third-order valence-corrected chi connectivity index (χ3v) is 19.7. The summed E-state index contributed by atoms with van der Waals surface area (Å²) in [5, 5.41) is 5.40. The number of hydrogen-bond acceptors (Lipinski definition) is 1. The molecule has 2 heteroatoms. The van der Waals surface area contributed by atoms with E-state index in [2.05, 4.69) is 157 Å². The molecule has 6 bridgehead atoms. The number of aromatic nitrogens is 1. The molecule has 0 aliphatic heterocycles. The maximum Gasteiger partial charge on any atom is 0.169 e. The third kappa shape index (κ3) is 5.02.